The zero-order valence-electron chi connectivity index (χ0n) is 14.4. The van der Waals surface area contributed by atoms with Gasteiger partial charge in [0.05, 0.1) is 6.61 Å². The van der Waals surface area contributed by atoms with Crippen LogP contribution in [-0.2, 0) is 0 Å². The van der Waals surface area contributed by atoms with E-state index in [1.807, 2.05) is 43.0 Å². The molecule has 1 fully saturated rings. The van der Waals surface area contributed by atoms with Gasteiger partial charge in [-0.3, -0.25) is 4.79 Å². The molecule has 2 aromatic rings. The summed E-state index contributed by atoms with van der Waals surface area (Å²) in [5.41, 5.74) is 2.97. The Labute approximate surface area is 143 Å². The number of amides is 1. The van der Waals surface area contributed by atoms with Gasteiger partial charge in [-0.2, -0.15) is 0 Å². The second kappa shape index (κ2) is 7.39. The Morgan fingerprint density at radius 1 is 1.04 bits per heavy atom. The molecule has 2 aromatic carbocycles. The Morgan fingerprint density at radius 3 is 2.38 bits per heavy atom. The van der Waals surface area contributed by atoms with Crippen LogP contribution < -0.4 is 9.64 Å². The molecule has 0 saturated carbocycles. The number of carbonyl (C=O) groups excluding carboxylic acids is 1. The van der Waals surface area contributed by atoms with Gasteiger partial charge in [0.25, 0.3) is 5.91 Å². The highest BCUT2D eigenvalue weighted by molar-refractivity contribution is 5.94. The predicted molar refractivity (Wildman–Crippen MR) is 96.9 cm³/mol. The van der Waals surface area contributed by atoms with Gasteiger partial charge >= 0.3 is 0 Å². The summed E-state index contributed by atoms with van der Waals surface area (Å²) in [4.78, 5) is 17.0. The van der Waals surface area contributed by atoms with Crippen molar-refractivity contribution in [1.29, 1.82) is 0 Å². The molecule has 3 rings (SSSR count). The second-order valence-electron chi connectivity index (χ2n) is 6.03. The van der Waals surface area contributed by atoms with E-state index in [0.29, 0.717) is 6.61 Å². The lowest BCUT2D eigenvalue weighted by Gasteiger charge is -2.36. The number of carbonyl (C=O) groups is 1. The van der Waals surface area contributed by atoms with Crippen LogP contribution in [-0.4, -0.2) is 43.6 Å². The number of piperazine rings is 1. The molecule has 4 heteroatoms. The monoisotopic (exact) mass is 324 g/mol. The lowest BCUT2D eigenvalue weighted by Crippen LogP contribution is -2.48. The molecule has 4 nitrogen and oxygen atoms in total. The SMILES string of the molecule is CCOc1ccc(C(=O)N2CCN(c3ccccc3)CC2)cc1C. The number of aryl methyl sites for hydroxylation is 1. The van der Waals surface area contributed by atoms with Crippen molar-refractivity contribution in [2.75, 3.05) is 37.7 Å². The summed E-state index contributed by atoms with van der Waals surface area (Å²) in [6.45, 7) is 7.81. The summed E-state index contributed by atoms with van der Waals surface area (Å²) < 4.78 is 5.55. The molecular formula is C20H24N2O2. The van der Waals surface area contributed by atoms with Crippen molar-refractivity contribution in [2.24, 2.45) is 0 Å². The standard InChI is InChI=1S/C20H24N2O2/c1-3-24-19-10-9-17(15-16(19)2)20(23)22-13-11-21(12-14-22)18-7-5-4-6-8-18/h4-10,15H,3,11-14H2,1-2H3. The number of para-hydroxylation sites is 1. The molecule has 0 aliphatic carbocycles. The van der Waals surface area contributed by atoms with Crippen molar-refractivity contribution in [3.05, 3.63) is 59.7 Å². The van der Waals surface area contributed by atoms with E-state index >= 15 is 0 Å². The Balaban J connectivity index is 1.64. The summed E-state index contributed by atoms with van der Waals surface area (Å²) >= 11 is 0. The highest BCUT2D eigenvalue weighted by Crippen LogP contribution is 2.21. The van der Waals surface area contributed by atoms with Gasteiger partial charge in [-0.15, -0.1) is 0 Å². The molecule has 0 unspecified atom stereocenters. The summed E-state index contributed by atoms with van der Waals surface area (Å²) in [7, 11) is 0. The van der Waals surface area contributed by atoms with Crippen LogP contribution in [0.15, 0.2) is 48.5 Å². The van der Waals surface area contributed by atoms with E-state index < -0.39 is 0 Å². The van der Waals surface area contributed by atoms with Crippen LogP contribution in [0, 0.1) is 6.92 Å². The molecule has 1 saturated heterocycles. The van der Waals surface area contributed by atoms with Gasteiger partial charge in [-0.1, -0.05) is 18.2 Å². The maximum absolute atomic E-state index is 12.7. The number of hydrogen-bond donors (Lipinski definition) is 0. The first-order valence-electron chi connectivity index (χ1n) is 8.51. The molecule has 0 N–H and O–H groups in total. The van der Waals surface area contributed by atoms with E-state index in [-0.39, 0.29) is 5.91 Å². The van der Waals surface area contributed by atoms with Gasteiger partial charge in [-0.05, 0) is 49.7 Å². The van der Waals surface area contributed by atoms with E-state index in [2.05, 4.69) is 29.2 Å². The first-order chi connectivity index (χ1) is 11.7. The highest BCUT2D eigenvalue weighted by Gasteiger charge is 2.22. The Morgan fingerprint density at radius 2 is 1.75 bits per heavy atom. The van der Waals surface area contributed by atoms with Crippen molar-refractivity contribution >= 4 is 11.6 Å². The summed E-state index contributed by atoms with van der Waals surface area (Å²) in [6.07, 6.45) is 0. The number of nitrogens with zero attached hydrogens (tertiary/aromatic N) is 2. The second-order valence-corrected chi connectivity index (χ2v) is 6.03. The fourth-order valence-corrected chi connectivity index (χ4v) is 3.09. The van der Waals surface area contributed by atoms with Gasteiger partial charge in [0.2, 0.25) is 0 Å². The molecule has 1 aliphatic heterocycles. The Hall–Kier alpha value is -2.49. The lowest BCUT2D eigenvalue weighted by atomic mass is 10.1. The normalized spacial score (nSPS) is 14.6. The number of benzene rings is 2. The van der Waals surface area contributed by atoms with Crippen LogP contribution >= 0.6 is 0 Å². The fraction of sp³-hybridized carbons (Fsp3) is 0.350. The quantitative estimate of drug-likeness (QED) is 0.864. The third-order valence-corrected chi connectivity index (χ3v) is 4.41. The lowest BCUT2D eigenvalue weighted by molar-refractivity contribution is 0.0746. The summed E-state index contributed by atoms with van der Waals surface area (Å²) in [6, 6.07) is 16.1. The molecule has 0 aromatic heterocycles. The zero-order chi connectivity index (χ0) is 16.9. The van der Waals surface area contributed by atoms with Crippen molar-refractivity contribution in [3.63, 3.8) is 0 Å². The first-order valence-corrected chi connectivity index (χ1v) is 8.51. The molecule has 24 heavy (non-hydrogen) atoms. The Bertz CT molecular complexity index is 692. The molecule has 0 spiro atoms. The molecule has 1 amide bonds. The average molecular weight is 324 g/mol. The molecule has 1 heterocycles. The summed E-state index contributed by atoms with van der Waals surface area (Å²) in [5, 5.41) is 0. The number of anilines is 1. The zero-order valence-corrected chi connectivity index (χ0v) is 14.4. The molecule has 0 radical (unpaired) electrons. The minimum atomic E-state index is 0.105. The van der Waals surface area contributed by atoms with Gasteiger partial charge in [-0.25, -0.2) is 0 Å². The van der Waals surface area contributed by atoms with Crippen LogP contribution in [0.4, 0.5) is 5.69 Å². The van der Waals surface area contributed by atoms with Crippen LogP contribution in [0.25, 0.3) is 0 Å². The van der Waals surface area contributed by atoms with Gasteiger partial charge in [0, 0.05) is 37.4 Å². The minimum absolute atomic E-state index is 0.105. The van der Waals surface area contributed by atoms with Gasteiger partial charge in [0.1, 0.15) is 5.75 Å². The van der Waals surface area contributed by atoms with E-state index in [4.69, 9.17) is 4.74 Å². The first kappa shape index (κ1) is 16.4. The minimum Gasteiger partial charge on any atom is -0.494 e. The fourth-order valence-electron chi connectivity index (χ4n) is 3.09. The van der Waals surface area contributed by atoms with Crippen LogP contribution in [0.2, 0.25) is 0 Å². The van der Waals surface area contributed by atoms with E-state index in [1.165, 1.54) is 5.69 Å². The molecule has 0 atom stereocenters. The highest BCUT2D eigenvalue weighted by atomic mass is 16.5. The van der Waals surface area contributed by atoms with Crippen molar-refractivity contribution in [3.8, 4) is 5.75 Å². The average Bonchev–Trinajstić information content (AvgIpc) is 2.64. The third kappa shape index (κ3) is 3.53. The topological polar surface area (TPSA) is 32.8 Å². The number of rotatable bonds is 4. The maximum atomic E-state index is 12.7. The summed E-state index contributed by atoms with van der Waals surface area (Å²) in [5.74, 6) is 0.955. The molecule has 0 bridgehead atoms. The number of ether oxygens (including phenoxy) is 1. The van der Waals surface area contributed by atoms with Crippen LogP contribution in [0.3, 0.4) is 0 Å². The van der Waals surface area contributed by atoms with Crippen molar-refractivity contribution < 1.29 is 9.53 Å². The van der Waals surface area contributed by atoms with Crippen LogP contribution in [0.1, 0.15) is 22.8 Å². The van der Waals surface area contributed by atoms with Crippen LogP contribution in [0.5, 0.6) is 5.75 Å². The molecular weight excluding hydrogens is 300 g/mol. The third-order valence-electron chi connectivity index (χ3n) is 4.41. The maximum Gasteiger partial charge on any atom is 0.253 e. The van der Waals surface area contributed by atoms with Gasteiger partial charge < -0.3 is 14.5 Å². The van der Waals surface area contributed by atoms with Crippen molar-refractivity contribution in [1.82, 2.24) is 4.90 Å². The Kier molecular flexibility index (Phi) is 5.04. The van der Waals surface area contributed by atoms with E-state index in [9.17, 15) is 4.79 Å². The largest absolute Gasteiger partial charge is 0.494 e. The molecule has 1 aliphatic rings. The van der Waals surface area contributed by atoms with E-state index in [0.717, 1.165) is 43.1 Å². The molecule has 126 valence electrons. The predicted octanol–water partition coefficient (Wildman–Crippen LogP) is 3.36. The van der Waals surface area contributed by atoms with Gasteiger partial charge in [0.15, 0.2) is 0 Å². The van der Waals surface area contributed by atoms with E-state index in [1.54, 1.807) is 0 Å². The number of hydrogen-bond acceptors (Lipinski definition) is 3. The van der Waals surface area contributed by atoms with Crippen molar-refractivity contribution in [2.45, 2.75) is 13.8 Å². The smallest absolute Gasteiger partial charge is 0.253 e.